The molecular weight excluding hydrogens is 404 g/mol. The van der Waals surface area contributed by atoms with Crippen molar-refractivity contribution in [1.82, 2.24) is 20.1 Å². The molecule has 2 aliphatic heterocycles. The average Bonchev–Trinajstić information content (AvgIpc) is 2.99. The Morgan fingerprint density at radius 3 is 2.53 bits per heavy atom. The summed E-state index contributed by atoms with van der Waals surface area (Å²) < 4.78 is 0. The number of hydrogen-bond acceptors (Lipinski definition) is 4. The molecule has 2 aromatic rings. The summed E-state index contributed by atoms with van der Waals surface area (Å²) in [5.41, 5.74) is 3.18. The number of hydrogen-bond donors (Lipinski definition) is 1. The van der Waals surface area contributed by atoms with Gasteiger partial charge in [0.1, 0.15) is 11.6 Å². The van der Waals surface area contributed by atoms with Crippen LogP contribution in [0.3, 0.4) is 0 Å². The van der Waals surface area contributed by atoms with E-state index in [0.29, 0.717) is 13.1 Å². The molecule has 7 nitrogen and oxygen atoms in total. The standard InChI is InChI=1S/C25H30N4O3/c1-16-13-20(18-9-6-5-7-10-18)14-21(26-16)19-11-8-12-28(15-19)22(30)17(2)29-23(31)25(3,4)27-24(29)32/h5-7,9-10,13-14,17,19H,8,11-12,15H2,1-4H3,(H,27,32)/t17-,19-/m1/s1. The molecule has 2 saturated heterocycles. The van der Waals surface area contributed by atoms with Crippen molar-refractivity contribution in [2.24, 2.45) is 0 Å². The zero-order chi connectivity index (χ0) is 23.0. The van der Waals surface area contributed by atoms with Gasteiger partial charge in [0.15, 0.2) is 0 Å². The highest BCUT2D eigenvalue weighted by Gasteiger charge is 2.48. The Bertz CT molecular complexity index is 1050. The van der Waals surface area contributed by atoms with Crippen LogP contribution in [0.15, 0.2) is 42.5 Å². The monoisotopic (exact) mass is 434 g/mol. The summed E-state index contributed by atoms with van der Waals surface area (Å²) in [6.07, 6.45) is 1.80. The maximum atomic E-state index is 13.3. The predicted octanol–water partition coefficient (Wildman–Crippen LogP) is 3.48. The number of rotatable bonds is 4. The van der Waals surface area contributed by atoms with E-state index in [1.807, 2.05) is 25.1 Å². The van der Waals surface area contributed by atoms with Gasteiger partial charge in [-0.3, -0.25) is 14.6 Å². The van der Waals surface area contributed by atoms with Gasteiger partial charge < -0.3 is 10.2 Å². The first kappa shape index (κ1) is 22.0. The molecule has 0 aliphatic carbocycles. The van der Waals surface area contributed by atoms with Gasteiger partial charge in [0, 0.05) is 30.4 Å². The van der Waals surface area contributed by atoms with Crippen LogP contribution < -0.4 is 5.32 Å². The lowest BCUT2D eigenvalue weighted by Crippen LogP contribution is -2.52. The molecule has 1 N–H and O–H groups in total. The summed E-state index contributed by atoms with van der Waals surface area (Å²) in [6.45, 7) is 8.06. The number of nitrogens with one attached hydrogen (secondary N) is 1. The number of urea groups is 1. The van der Waals surface area contributed by atoms with Crippen molar-refractivity contribution in [2.75, 3.05) is 13.1 Å². The molecular formula is C25H30N4O3. The van der Waals surface area contributed by atoms with Crippen molar-refractivity contribution >= 4 is 17.8 Å². The Morgan fingerprint density at radius 2 is 1.88 bits per heavy atom. The number of amides is 4. The molecule has 0 spiro atoms. The number of piperidine rings is 1. The number of likely N-dealkylation sites (tertiary alicyclic amines) is 1. The number of imide groups is 1. The summed E-state index contributed by atoms with van der Waals surface area (Å²) in [6, 6.07) is 13.0. The fourth-order valence-corrected chi connectivity index (χ4v) is 4.62. The lowest BCUT2D eigenvalue weighted by Gasteiger charge is -2.35. The minimum atomic E-state index is -0.991. The summed E-state index contributed by atoms with van der Waals surface area (Å²) in [5.74, 6) is -0.460. The summed E-state index contributed by atoms with van der Waals surface area (Å²) in [4.78, 5) is 45.8. The fraction of sp³-hybridized carbons (Fsp3) is 0.440. The van der Waals surface area contributed by atoms with E-state index in [4.69, 9.17) is 4.98 Å². The third-order valence-corrected chi connectivity index (χ3v) is 6.37. The second-order valence-corrected chi connectivity index (χ2v) is 9.32. The Balaban J connectivity index is 1.53. The molecule has 168 valence electrons. The van der Waals surface area contributed by atoms with E-state index >= 15 is 0 Å². The molecule has 1 aromatic heterocycles. The number of aryl methyl sites for hydroxylation is 1. The molecule has 0 radical (unpaired) electrons. The van der Waals surface area contributed by atoms with Crippen molar-refractivity contribution in [2.45, 2.75) is 58.0 Å². The summed E-state index contributed by atoms with van der Waals surface area (Å²) in [5, 5.41) is 2.65. The maximum absolute atomic E-state index is 13.3. The van der Waals surface area contributed by atoms with Crippen LogP contribution in [-0.2, 0) is 9.59 Å². The van der Waals surface area contributed by atoms with E-state index in [9.17, 15) is 14.4 Å². The highest BCUT2D eigenvalue weighted by molar-refractivity contribution is 6.09. The van der Waals surface area contributed by atoms with Gasteiger partial charge in [-0.15, -0.1) is 0 Å². The fourth-order valence-electron chi connectivity index (χ4n) is 4.62. The number of carbonyl (C=O) groups is 3. The third kappa shape index (κ3) is 4.11. The van der Waals surface area contributed by atoms with Crippen molar-refractivity contribution < 1.29 is 14.4 Å². The molecule has 2 atom stereocenters. The second-order valence-electron chi connectivity index (χ2n) is 9.32. The Kier molecular flexibility index (Phi) is 5.75. The van der Waals surface area contributed by atoms with Crippen molar-refractivity contribution in [3.05, 3.63) is 53.9 Å². The average molecular weight is 435 g/mol. The van der Waals surface area contributed by atoms with E-state index in [1.165, 1.54) is 0 Å². The minimum absolute atomic E-state index is 0.113. The normalized spacial score (nSPS) is 21.4. The van der Waals surface area contributed by atoms with Crippen LogP contribution in [0.5, 0.6) is 0 Å². The van der Waals surface area contributed by atoms with E-state index < -0.39 is 17.6 Å². The van der Waals surface area contributed by atoms with E-state index in [1.54, 1.807) is 25.7 Å². The van der Waals surface area contributed by atoms with Crippen LogP contribution in [0.4, 0.5) is 4.79 Å². The highest BCUT2D eigenvalue weighted by Crippen LogP contribution is 2.30. The van der Waals surface area contributed by atoms with Gasteiger partial charge in [-0.25, -0.2) is 9.69 Å². The van der Waals surface area contributed by atoms with Crippen LogP contribution in [0.25, 0.3) is 11.1 Å². The molecule has 0 unspecified atom stereocenters. The topological polar surface area (TPSA) is 82.6 Å². The lowest BCUT2D eigenvalue weighted by atomic mass is 9.92. The quantitative estimate of drug-likeness (QED) is 0.747. The second kappa shape index (κ2) is 8.37. The molecule has 2 aliphatic rings. The molecule has 4 amide bonds. The Hall–Kier alpha value is -3.22. The van der Waals surface area contributed by atoms with Crippen LogP contribution in [-0.4, -0.2) is 57.3 Å². The number of pyridine rings is 1. The predicted molar refractivity (Wildman–Crippen MR) is 122 cm³/mol. The first-order valence-corrected chi connectivity index (χ1v) is 11.2. The molecule has 0 bridgehead atoms. The van der Waals surface area contributed by atoms with Crippen LogP contribution in [0, 0.1) is 6.92 Å². The zero-order valence-electron chi connectivity index (χ0n) is 19.1. The van der Waals surface area contributed by atoms with E-state index in [2.05, 4.69) is 29.6 Å². The summed E-state index contributed by atoms with van der Waals surface area (Å²) >= 11 is 0. The lowest BCUT2D eigenvalue weighted by molar-refractivity contribution is -0.143. The molecule has 4 rings (SSSR count). The molecule has 1 aromatic carbocycles. The molecule has 7 heteroatoms. The largest absolute Gasteiger partial charge is 0.340 e. The first-order chi connectivity index (χ1) is 15.2. The van der Waals surface area contributed by atoms with Crippen LogP contribution in [0.2, 0.25) is 0 Å². The zero-order valence-corrected chi connectivity index (χ0v) is 19.1. The Labute approximate surface area is 188 Å². The van der Waals surface area contributed by atoms with E-state index in [0.717, 1.165) is 40.3 Å². The number of carbonyl (C=O) groups excluding carboxylic acids is 3. The van der Waals surface area contributed by atoms with Crippen molar-refractivity contribution in [3.8, 4) is 11.1 Å². The van der Waals surface area contributed by atoms with Gasteiger partial charge in [0.05, 0.1) is 0 Å². The van der Waals surface area contributed by atoms with Gasteiger partial charge >= 0.3 is 6.03 Å². The number of aromatic nitrogens is 1. The van der Waals surface area contributed by atoms with Crippen LogP contribution >= 0.6 is 0 Å². The van der Waals surface area contributed by atoms with Crippen LogP contribution in [0.1, 0.15) is 50.9 Å². The molecule has 0 saturated carbocycles. The molecule has 2 fully saturated rings. The molecule has 3 heterocycles. The number of nitrogens with zero attached hydrogens (tertiary/aromatic N) is 3. The first-order valence-electron chi connectivity index (χ1n) is 11.2. The van der Waals surface area contributed by atoms with Gasteiger partial charge in [-0.05, 0) is 63.8 Å². The van der Waals surface area contributed by atoms with Gasteiger partial charge in [-0.1, -0.05) is 30.3 Å². The summed E-state index contributed by atoms with van der Waals surface area (Å²) in [7, 11) is 0. The Morgan fingerprint density at radius 1 is 1.16 bits per heavy atom. The highest BCUT2D eigenvalue weighted by atomic mass is 16.2. The minimum Gasteiger partial charge on any atom is -0.340 e. The molecule has 32 heavy (non-hydrogen) atoms. The maximum Gasteiger partial charge on any atom is 0.325 e. The van der Waals surface area contributed by atoms with Crippen molar-refractivity contribution in [3.63, 3.8) is 0 Å². The van der Waals surface area contributed by atoms with Gasteiger partial charge in [0.25, 0.3) is 5.91 Å². The van der Waals surface area contributed by atoms with Gasteiger partial charge in [0.2, 0.25) is 5.91 Å². The van der Waals surface area contributed by atoms with Crippen molar-refractivity contribution in [1.29, 1.82) is 0 Å². The van der Waals surface area contributed by atoms with Gasteiger partial charge in [-0.2, -0.15) is 0 Å². The third-order valence-electron chi connectivity index (χ3n) is 6.37. The smallest absolute Gasteiger partial charge is 0.325 e. The van der Waals surface area contributed by atoms with E-state index in [-0.39, 0.29) is 17.7 Å². The number of benzene rings is 1. The SMILES string of the molecule is Cc1cc(-c2ccccc2)cc([C@@H]2CCCN(C(=O)[C@@H](C)N3C(=O)NC(C)(C)C3=O)C2)n1.